The van der Waals surface area contributed by atoms with E-state index in [-0.39, 0.29) is 0 Å². The fourth-order valence-corrected chi connectivity index (χ4v) is 3.37. The highest BCUT2D eigenvalue weighted by atomic mass is 15.3. The minimum atomic E-state index is 0.644. The largest absolute Gasteiger partial charge is 0.348 e. The zero-order valence-electron chi connectivity index (χ0n) is 16.1. The van der Waals surface area contributed by atoms with Gasteiger partial charge in [-0.05, 0) is 44.7 Å². The van der Waals surface area contributed by atoms with Gasteiger partial charge in [-0.25, -0.2) is 9.97 Å². The second-order valence-electron chi connectivity index (χ2n) is 7.48. The molecule has 0 saturated carbocycles. The second-order valence-corrected chi connectivity index (χ2v) is 7.48. The molecular weight excluding hydrogens is 324 g/mol. The van der Waals surface area contributed by atoms with Gasteiger partial charge in [-0.15, -0.1) is 0 Å². The molecule has 0 spiro atoms. The highest BCUT2D eigenvalue weighted by Gasteiger charge is 2.19. The van der Waals surface area contributed by atoms with Crippen molar-refractivity contribution in [3.63, 3.8) is 0 Å². The molecule has 2 aromatic rings. The third-order valence-corrected chi connectivity index (χ3v) is 4.70. The molecule has 0 fully saturated rings. The molecule has 6 heteroatoms. The summed E-state index contributed by atoms with van der Waals surface area (Å²) in [5.74, 6) is 1.36. The predicted octanol–water partition coefficient (Wildman–Crippen LogP) is 3.48. The molecule has 0 saturated heterocycles. The van der Waals surface area contributed by atoms with Gasteiger partial charge in [0, 0.05) is 32.0 Å². The Balaban J connectivity index is 1.49. The zero-order valence-corrected chi connectivity index (χ0v) is 16.1. The summed E-state index contributed by atoms with van der Waals surface area (Å²) in [7, 11) is 0. The number of hydrogen-bond donors (Lipinski definition) is 1. The normalized spacial score (nSPS) is 15.3. The zero-order chi connectivity index (χ0) is 18.4. The average Bonchev–Trinajstić information content (AvgIpc) is 3.02. The van der Waals surface area contributed by atoms with Crippen LogP contribution in [-0.4, -0.2) is 37.7 Å². The maximum Gasteiger partial charge on any atom is 0.222 e. The SMILES string of the molecule is CC(C)=CCC[C@@H](C)CN1CCn2nc(CNc3ncccn3)cc2C1. The van der Waals surface area contributed by atoms with Crippen molar-refractivity contribution in [2.45, 2.75) is 53.2 Å². The summed E-state index contributed by atoms with van der Waals surface area (Å²) in [6.07, 6.45) is 8.27. The van der Waals surface area contributed by atoms with Crippen LogP contribution in [0.4, 0.5) is 5.95 Å². The molecule has 1 aliphatic rings. The third-order valence-electron chi connectivity index (χ3n) is 4.70. The quantitative estimate of drug-likeness (QED) is 0.736. The lowest BCUT2D eigenvalue weighted by Gasteiger charge is -2.29. The van der Waals surface area contributed by atoms with Gasteiger partial charge < -0.3 is 5.32 Å². The molecule has 3 rings (SSSR count). The van der Waals surface area contributed by atoms with Crippen LogP contribution in [0.3, 0.4) is 0 Å². The smallest absolute Gasteiger partial charge is 0.222 e. The standard InChI is InChI=1S/C20H30N6/c1-16(2)6-4-7-17(3)14-25-10-11-26-19(15-25)12-18(24-26)13-23-20-21-8-5-9-22-20/h5-6,8-9,12,17H,4,7,10-11,13-15H2,1-3H3,(H,21,22,23)/t17-/m1/s1. The Hall–Kier alpha value is -2.21. The first-order chi connectivity index (χ1) is 12.6. The van der Waals surface area contributed by atoms with Gasteiger partial charge in [0.2, 0.25) is 5.95 Å². The summed E-state index contributed by atoms with van der Waals surface area (Å²) in [5.41, 5.74) is 3.77. The molecule has 0 amide bonds. The van der Waals surface area contributed by atoms with E-state index in [1.165, 1.54) is 24.1 Å². The first kappa shape index (κ1) is 18.6. The maximum absolute atomic E-state index is 4.71. The fourth-order valence-electron chi connectivity index (χ4n) is 3.37. The van der Waals surface area contributed by atoms with Crippen molar-refractivity contribution in [2.75, 3.05) is 18.4 Å². The number of nitrogens with one attached hydrogen (secondary N) is 1. The van der Waals surface area contributed by atoms with Crippen LogP contribution in [-0.2, 0) is 19.6 Å². The summed E-state index contributed by atoms with van der Waals surface area (Å²) in [6.45, 7) is 11.6. The Morgan fingerprint density at radius 2 is 2.08 bits per heavy atom. The predicted molar refractivity (Wildman–Crippen MR) is 105 cm³/mol. The van der Waals surface area contributed by atoms with Crippen LogP contribution in [0.2, 0.25) is 0 Å². The lowest BCUT2D eigenvalue weighted by atomic mass is 10.0. The van der Waals surface area contributed by atoms with Crippen molar-refractivity contribution >= 4 is 5.95 Å². The Kier molecular flexibility index (Phi) is 6.39. The van der Waals surface area contributed by atoms with E-state index in [0.717, 1.165) is 37.8 Å². The minimum Gasteiger partial charge on any atom is -0.348 e. The molecule has 1 atom stereocenters. The van der Waals surface area contributed by atoms with E-state index in [4.69, 9.17) is 5.10 Å². The molecule has 0 radical (unpaired) electrons. The Morgan fingerprint density at radius 3 is 2.85 bits per heavy atom. The van der Waals surface area contributed by atoms with Gasteiger partial charge in [0.1, 0.15) is 0 Å². The Morgan fingerprint density at radius 1 is 1.27 bits per heavy atom. The highest BCUT2D eigenvalue weighted by Crippen LogP contribution is 2.17. The molecule has 2 aromatic heterocycles. The molecule has 0 aliphatic carbocycles. The number of rotatable bonds is 8. The lowest BCUT2D eigenvalue weighted by Crippen LogP contribution is -2.36. The molecule has 3 heterocycles. The van der Waals surface area contributed by atoms with Crippen molar-refractivity contribution in [2.24, 2.45) is 5.92 Å². The topological polar surface area (TPSA) is 58.9 Å². The van der Waals surface area contributed by atoms with Crippen LogP contribution in [0.5, 0.6) is 0 Å². The number of hydrogen-bond acceptors (Lipinski definition) is 5. The summed E-state index contributed by atoms with van der Waals surface area (Å²) >= 11 is 0. The van der Waals surface area contributed by atoms with Crippen molar-refractivity contribution < 1.29 is 0 Å². The number of aromatic nitrogens is 4. The second kappa shape index (κ2) is 8.94. The van der Waals surface area contributed by atoms with E-state index in [1.54, 1.807) is 12.4 Å². The molecule has 0 aromatic carbocycles. The molecule has 0 bridgehead atoms. The van der Waals surface area contributed by atoms with E-state index in [0.29, 0.717) is 12.5 Å². The number of fused-ring (bicyclic) bond motifs is 1. The van der Waals surface area contributed by atoms with E-state index in [1.807, 2.05) is 6.07 Å². The van der Waals surface area contributed by atoms with E-state index in [9.17, 15) is 0 Å². The fraction of sp³-hybridized carbons (Fsp3) is 0.550. The lowest BCUT2D eigenvalue weighted by molar-refractivity contribution is 0.184. The van der Waals surface area contributed by atoms with E-state index in [2.05, 4.69) is 57.8 Å². The van der Waals surface area contributed by atoms with Crippen LogP contribution in [0.15, 0.2) is 36.2 Å². The molecule has 26 heavy (non-hydrogen) atoms. The van der Waals surface area contributed by atoms with Crippen LogP contribution < -0.4 is 5.32 Å². The van der Waals surface area contributed by atoms with Crippen molar-refractivity contribution in [1.82, 2.24) is 24.6 Å². The first-order valence-corrected chi connectivity index (χ1v) is 9.52. The van der Waals surface area contributed by atoms with Gasteiger partial charge in [-0.1, -0.05) is 18.6 Å². The summed E-state index contributed by atoms with van der Waals surface area (Å²) in [5, 5.41) is 7.94. The average molecular weight is 355 g/mol. The highest BCUT2D eigenvalue weighted by molar-refractivity contribution is 5.24. The van der Waals surface area contributed by atoms with Crippen molar-refractivity contribution in [1.29, 1.82) is 0 Å². The third kappa shape index (κ3) is 5.39. The van der Waals surface area contributed by atoms with Gasteiger partial charge in [-0.3, -0.25) is 9.58 Å². The minimum absolute atomic E-state index is 0.644. The molecular formula is C20H30N6. The van der Waals surface area contributed by atoms with Gasteiger partial charge in [0.05, 0.1) is 24.5 Å². The summed E-state index contributed by atoms with van der Waals surface area (Å²) < 4.78 is 2.15. The van der Waals surface area contributed by atoms with Gasteiger partial charge in [-0.2, -0.15) is 5.10 Å². The molecule has 1 N–H and O–H groups in total. The molecule has 6 nitrogen and oxygen atoms in total. The van der Waals surface area contributed by atoms with Crippen LogP contribution in [0.25, 0.3) is 0 Å². The number of allylic oxidation sites excluding steroid dienone is 2. The van der Waals surface area contributed by atoms with Crippen LogP contribution in [0.1, 0.15) is 45.0 Å². The summed E-state index contributed by atoms with van der Waals surface area (Å²) in [6, 6.07) is 4.02. The monoisotopic (exact) mass is 354 g/mol. The van der Waals surface area contributed by atoms with E-state index < -0.39 is 0 Å². The van der Waals surface area contributed by atoms with Crippen LogP contribution >= 0.6 is 0 Å². The van der Waals surface area contributed by atoms with Gasteiger partial charge in [0.15, 0.2) is 0 Å². The summed E-state index contributed by atoms with van der Waals surface area (Å²) in [4.78, 5) is 10.9. The van der Waals surface area contributed by atoms with Gasteiger partial charge >= 0.3 is 0 Å². The van der Waals surface area contributed by atoms with E-state index >= 15 is 0 Å². The Labute approximate surface area is 156 Å². The first-order valence-electron chi connectivity index (χ1n) is 9.52. The van der Waals surface area contributed by atoms with Crippen molar-refractivity contribution in [3.8, 4) is 0 Å². The molecule has 140 valence electrons. The van der Waals surface area contributed by atoms with Crippen molar-refractivity contribution in [3.05, 3.63) is 47.6 Å². The molecule has 0 unspecified atom stereocenters. The van der Waals surface area contributed by atoms with Crippen LogP contribution in [0, 0.1) is 5.92 Å². The number of anilines is 1. The maximum atomic E-state index is 4.71. The Bertz CT molecular complexity index is 717. The molecule has 1 aliphatic heterocycles. The van der Waals surface area contributed by atoms with Gasteiger partial charge in [0.25, 0.3) is 0 Å². The number of nitrogens with zero attached hydrogens (tertiary/aromatic N) is 5.